The molecule has 28 heavy (non-hydrogen) atoms. The van der Waals surface area contributed by atoms with Gasteiger partial charge in [0.25, 0.3) is 0 Å². The van der Waals surface area contributed by atoms with Crippen LogP contribution in [0, 0.1) is 5.82 Å². The molecular formula is C17H17ClFN5O4. The topological polar surface area (TPSA) is 126 Å². The standard InChI is InChI=1S/C17H17ClFN5O4/c18-10-3-9(19)2-1-8(10)4-20-15-12-16(22-6-21-15)24(7-23-12)17-14(27)13(26)11(5-25)28-17/h1-3,6-7,11,13-14,17,25-27H,4-5H2,(H,20,21,22)/t11-,13-,14-,17?/m1/s1. The van der Waals surface area contributed by atoms with E-state index in [0.717, 1.165) is 0 Å². The number of aromatic nitrogens is 4. The van der Waals surface area contributed by atoms with Gasteiger partial charge in [-0.25, -0.2) is 19.3 Å². The van der Waals surface area contributed by atoms with Crippen molar-refractivity contribution in [3.8, 4) is 0 Å². The van der Waals surface area contributed by atoms with E-state index in [9.17, 15) is 19.7 Å². The van der Waals surface area contributed by atoms with Gasteiger partial charge >= 0.3 is 0 Å². The Labute approximate surface area is 163 Å². The number of nitrogens with one attached hydrogen (secondary N) is 1. The fraction of sp³-hybridized carbons (Fsp3) is 0.353. The first-order valence-corrected chi connectivity index (χ1v) is 8.85. The number of imidazole rings is 1. The molecule has 3 heterocycles. The Morgan fingerprint density at radius 1 is 1.21 bits per heavy atom. The lowest BCUT2D eigenvalue weighted by Gasteiger charge is -2.16. The monoisotopic (exact) mass is 409 g/mol. The van der Waals surface area contributed by atoms with Crippen molar-refractivity contribution in [3.63, 3.8) is 0 Å². The maximum Gasteiger partial charge on any atom is 0.167 e. The average molecular weight is 410 g/mol. The van der Waals surface area contributed by atoms with E-state index in [1.165, 1.54) is 29.4 Å². The lowest BCUT2D eigenvalue weighted by atomic mass is 10.1. The number of fused-ring (bicyclic) bond motifs is 1. The van der Waals surface area contributed by atoms with Crippen LogP contribution in [0.4, 0.5) is 10.2 Å². The van der Waals surface area contributed by atoms with Gasteiger partial charge in [-0.1, -0.05) is 17.7 Å². The van der Waals surface area contributed by atoms with Crippen LogP contribution in [0.2, 0.25) is 5.02 Å². The summed E-state index contributed by atoms with van der Waals surface area (Å²) in [5.74, 6) is -0.00806. The van der Waals surface area contributed by atoms with Crippen LogP contribution < -0.4 is 5.32 Å². The molecule has 11 heteroatoms. The second-order valence-corrected chi connectivity index (χ2v) is 6.77. The van der Waals surface area contributed by atoms with Crippen LogP contribution in [0.25, 0.3) is 11.2 Å². The molecule has 1 unspecified atom stereocenters. The second kappa shape index (κ2) is 7.57. The van der Waals surface area contributed by atoms with Gasteiger partial charge in [0.2, 0.25) is 0 Å². The maximum atomic E-state index is 13.2. The maximum absolute atomic E-state index is 13.2. The van der Waals surface area contributed by atoms with Gasteiger partial charge in [-0.05, 0) is 17.7 Å². The number of hydrogen-bond acceptors (Lipinski definition) is 8. The third-order valence-corrected chi connectivity index (χ3v) is 4.96. The summed E-state index contributed by atoms with van der Waals surface area (Å²) in [6.45, 7) is -0.145. The van der Waals surface area contributed by atoms with Crippen molar-refractivity contribution in [2.75, 3.05) is 11.9 Å². The van der Waals surface area contributed by atoms with E-state index in [1.807, 2.05) is 0 Å². The molecule has 4 rings (SSSR count). The summed E-state index contributed by atoms with van der Waals surface area (Å²) >= 11 is 6.04. The van der Waals surface area contributed by atoms with Crippen LogP contribution in [0.15, 0.2) is 30.9 Å². The molecule has 0 aliphatic carbocycles. The van der Waals surface area contributed by atoms with Crippen molar-refractivity contribution in [2.24, 2.45) is 0 Å². The van der Waals surface area contributed by atoms with Crippen molar-refractivity contribution in [1.29, 1.82) is 0 Å². The van der Waals surface area contributed by atoms with Gasteiger partial charge in [-0.2, -0.15) is 0 Å². The number of hydrogen-bond donors (Lipinski definition) is 4. The number of aliphatic hydroxyl groups is 3. The molecule has 148 valence electrons. The Kier molecular flexibility index (Phi) is 5.13. The molecule has 1 aliphatic heterocycles. The first-order chi connectivity index (χ1) is 13.5. The molecule has 9 nitrogen and oxygen atoms in total. The highest BCUT2D eigenvalue weighted by Gasteiger charge is 2.44. The van der Waals surface area contributed by atoms with Crippen molar-refractivity contribution >= 4 is 28.6 Å². The molecule has 4 atom stereocenters. The number of aliphatic hydroxyl groups excluding tert-OH is 3. The third-order valence-electron chi connectivity index (χ3n) is 4.61. The lowest BCUT2D eigenvalue weighted by molar-refractivity contribution is -0.0511. The minimum absolute atomic E-state index is 0.284. The molecule has 0 radical (unpaired) electrons. The Hall–Kier alpha value is -2.37. The Balaban J connectivity index is 1.60. The minimum atomic E-state index is -1.25. The third kappa shape index (κ3) is 3.29. The van der Waals surface area contributed by atoms with E-state index in [4.69, 9.17) is 16.3 Å². The quantitative estimate of drug-likeness (QED) is 0.488. The largest absolute Gasteiger partial charge is 0.394 e. The van der Waals surface area contributed by atoms with Crippen molar-refractivity contribution in [1.82, 2.24) is 19.5 Å². The molecular weight excluding hydrogens is 393 g/mol. The fourth-order valence-electron chi connectivity index (χ4n) is 3.12. The predicted molar refractivity (Wildman–Crippen MR) is 97.1 cm³/mol. The summed E-state index contributed by atoms with van der Waals surface area (Å²) in [5.41, 5.74) is 1.47. The molecule has 0 saturated carbocycles. The van der Waals surface area contributed by atoms with Gasteiger partial charge in [-0.3, -0.25) is 4.57 Å². The number of ether oxygens (including phenoxy) is 1. The first-order valence-electron chi connectivity index (χ1n) is 8.47. The van der Waals surface area contributed by atoms with Gasteiger partial charge in [0.1, 0.15) is 30.5 Å². The molecule has 1 saturated heterocycles. The minimum Gasteiger partial charge on any atom is -0.394 e. The summed E-state index contributed by atoms with van der Waals surface area (Å²) in [6.07, 6.45) is -1.61. The molecule has 0 spiro atoms. The van der Waals surface area contributed by atoms with Crippen LogP contribution in [0.1, 0.15) is 11.8 Å². The fourth-order valence-corrected chi connectivity index (χ4v) is 3.36. The Morgan fingerprint density at radius 2 is 2.04 bits per heavy atom. The lowest BCUT2D eigenvalue weighted by Crippen LogP contribution is -2.33. The summed E-state index contributed by atoms with van der Waals surface area (Å²) < 4.78 is 20.2. The van der Waals surface area contributed by atoms with Gasteiger partial charge in [0.15, 0.2) is 23.2 Å². The van der Waals surface area contributed by atoms with Gasteiger partial charge in [-0.15, -0.1) is 0 Å². The second-order valence-electron chi connectivity index (χ2n) is 6.36. The van der Waals surface area contributed by atoms with E-state index in [-0.39, 0.29) is 11.6 Å². The Morgan fingerprint density at radius 3 is 2.75 bits per heavy atom. The summed E-state index contributed by atoms with van der Waals surface area (Å²) in [6, 6.07) is 4.11. The Bertz CT molecular complexity index is 1000. The number of nitrogens with zero attached hydrogens (tertiary/aromatic N) is 4. The van der Waals surface area contributed by atoms with Crippen molar-refractivity contribution in [2.45, 2.75) is 31.1 Å². The summed E-state index contributed by atoms with van der Waals surface area (Å²) in [5, 5.41) is 32.8. The molecule has 2 aromatic heterocycles. The van der Waals surface area contributed by atoms with E-state index < -0.39 is 37.0 Å². The van der Waals surface area contributed by atoms with E-state index in [2.05, 4.69) is 20.3 Å². The van der Waals surface area contributed by atoms with Crippen LogP contribution in [-0.2, 0) is 11.3 Å². The van der Waals surface area contributed by atoms with Gasteiger partial charge < -0.3 is 25.4 Å². The number of rotatable bonds is 5. The zero-order valence-electron chi connectivity index (χ0n) is 14.4. The van der Waals surface area contributed by atoms with Gasteiger partial charge in [0, 0.05) is 11.6 Å². The van der Waals surface area contributed by atoms with Crippen molar-refractivity contribution in [3.05, 3.63) is 47.3 Å². The highest BCUT2D eigenvalue weighted by atomic mass is 35.5. The normalized spacial score (nSPS) is 24.8. The zero-order chi connectivity index (χ0) is 19.8. The van der Waals surface area contributed by atoms with Crippen LogP contribution in [0.5, 0.6) is 0 Å². The first kappa shape index (κ1) is 19.0. The molecule has 1 aromatic carbocycles. The molecule has 3 aromatic rings. The van der Waals surface area contributed by atoms with E-state index >= 15 is 0 Å². The molecule has 1 fully saturated rings. The zero-order valence-corrected chi connectivity index (χ0v) is 15.2. The summed E-state index contributed by atoms with van der Waals surface area (Å²) in [7, 11) is 0. The number of halogens is 2. The molecule has 1 aliphatic rings. The van der Waals surface area contributed by atoms with Crippen LogP contribution in [-0.4, -0.2) is 59.8 Å². The van der Waals surface area contributed by atoms with Crippen LogP contribution >= 0.6 is 11.6 Å². The molecule has 0 amide bonds. The highest BCUT2D eigenvalue weighted by Crippen LogP contribution is 2.32. The van der Waals surface area contributed by atoms with Crippen LogP contribution in [0.3, 0.4) is 0 Å². The molecule has 0 bridgehead atoms. The summed E-state index contributed by atoms with van der Waals surface area (Å²) in [4.78, 5) is 12.6. The SMILES string of the molecule is OC[C@H]1OC(n2cnc3c(NCc4ccc(F)cc4Cl)ncnc32)[C@H](O)[C@@H]1O. The number of benzene rings is 1. The number of anilines is 1. The predicted octanol–water partition coefficient (Wildman–Crippen LogP) is 0.842. The van der Waals surface area contributed by atoms with E-state index in [1.54, 1.807) is 6.07 Å². The molecule has 4 N–H and O–H groups in total. The van der Waals surface area contributed by atoms with Gasteiger partial charge in [0.05, 0.1) is 12.9 Å². The highest BCUT2D eigenvalue weighted by molar-refractivity contribution is 6.31. The average Bonchev–Trinajstić information content (AvgIpc) is 3.23. The smallest absolute Gasteiger partial charge is 0.167 e. The van der Waals surface area contributed by atoms with Crippen molar-refractivity contribution < 1.29 is 24.4 Å². The van der Waals surface area contributed by atoms with E-state index in [0.29, 0.717) is 22.5 Å².